The quantitative estimate of drug-likeness (QED) is 0.654. The normalized spacial score (nSPS) is 14.8. The van der Waals surface area contributed by atoms with E-state index in [1.165, 1.54) is 12.1 Å². The number of likely N-dealkylation sites (tertiary alicyclic amines) is 1. The molecule has 8 heteroatoms. The van der Waals surface area contributed by atoms with Crippen LogP contribution < -0.4 is 5.32 Å². The number of nitrogens with one attached hydrogen (secondary N) is 1. The number of amides is 1. The standard InChI is InChI=1S/C23H26FN5O2/c1-14(2)26-23-25-13-19(20-11-15(3)28-31-20)21(27-23)16-7-9-29(10-8-16)22(30)17-5-4-6-18(24)12-17/h4-6,11-14,16H,7-10H2,1-3H3,(H,25,26,27). The molecular formula is C23H26FN5O2. The SMILES string of the molecule is Cc1cc(-c2cnc(NC(C)C)nc2C2CCN(C(=O)c3cccc(F)c3)CC2)on1. The number of anilines is 1. The molecule has 0 saturated carbocycles. The molecule has 3 heterocycles. The Kier molecular flexibility index (Phi) is 5.97. The van der Waals surface area contributed by atoms with Gasteiger partial charge in [0.2, 0.25) is 5.95 Å². The first-order valence-corrected chi connectivity index (χ1v) is 10.5. The van der Waals surface area contributed by atoms with E-state index in [9.17, 15) is 9.18 Å². The number of benzene rings is 1. The molecule has 0 aliphatic carbocycles. The number of carbonyl (C=O) groups is 1. The van der Waals surface area contributed by atoms with Crippen LogP contribution >= 0.6 is 0 Å². The fraction of sp³-hybridized carbons (Fsp3) is 0.391. The Hall–Kier alpha value is -3.29. The van der Waals surface area contributed by atoms with Gasteiger partial charge in [-0.25, -0.2) is 14.4 Å². The van der Waals surface area contributed by atoms with Gasteiger partial charge in [0.25, 0.3) is 5.91 Å². The van der Waals surface area contributed by atoms with Gasteiger partial charge in [-0.2, -0.15) is 0 Å². The molecule has 0 bridgehead atoms. The van der Waals surface area contributed by atoms with Crippen LogP contribution in [-0.2, 0) is 0 Å². The van der Waals surface area contributed by atoms with Gasteiger partial charge in [0.1, 0.15) is 5.82 Å². The molecule has 1 N–H and O–H groups in total. The van der Waals surface area contributed by atoms with Crippen LogP contribution in [-0.4, -0.2) is 45.1 Å². The Morgan fingerprint density at radius 1 is 1.26 bits per heavy atom. The van der Waals surface area contributed by atoms with Crippen molar-refractivity contribution in [1.29, 1.82) is 0 Å². The van der Waals surface area contributed by atoms with E-state index in [2.05, 4.69) is 15.5 Å². The van der Waals surface area contributed by atoms with Gasteiger partial charge in [-0.1, -0.05) is 11.2 Å². The molecule has 1 aliphatic heterocycles. The molecule has 1 amide bonds. The number of aromatic nitrogens is 3. The highest BCUT2D eigenvalue weighted by Gasteiger charge is 2.28. The van der Waals surface area contributed by atoms with E-state index in [0.717, 1.165) is 29.8 Å². The molecule has 0 radical (unpaired) electrons. The van der Waals surface area contributed by atoms with Crippen molar-refractivity contribution >= 4 is 11.9 Å². The molecule has 7 nitrogen and oxygen atoms in total. The highest BCUT2D eigenvalue weighted by Crippen LogP contribution is 2.35. The lowest BCUT2D eigenvalue weighted by Crippen LogP contribution is -2.38. The van der Waals surface area contributed by atoms with Crippen molar-refractivity contribution in [3.63, 3.8) is 0 Å². The second kappa shape index (κ2) is 8.83. The number of hydrogen-bond donors (Lipinski definition) is 1. The van der Waals surface area contributed by atoms with Crippen LogP contribution in [0.25, 0.3) is 11.3 Å². The third-order valence-electron chi connectivity index (χ3n) is 5.37. The van der Waals surface area contributed by atoms with Gasteiger partial charge >= 0.3 is 0 Å². The molecule has 0 unspecified atom stereocenters. The van der Waals surface area contributed by atoms with Crippen molar-refractivity contribution in [3.05, 3.63) is 59.3 Å². The molecule has 0 spiro atoms. The van der Waals surface area contributed by atoms with Gasteiger partial charge in [0.05, 0.1) is 17.0 Å². The van der Waals surface area contributed by atoms with E-state index in [0.29, 0.717) is 30.4 Å². The van der Waals surface area contributed by atoms with Crippen molar-refractivity contribution in [2.45, 2.75) is 45.6 Å². The van der Waals surface area contributed by atoms with Crippen molar-refractivity contribution in [1.82, 2.24) is 20.0 Å². The number of aryl methyl sites for hydroxylation is 1. The first kappa shape index (κ1) is 21.0. The molecular weight excluding hydrogens is 397 g/mol. The maximum atomic E-state index is 13.5. The van der Waals surface area contributed by atoms with Crippen molar-refractivity contribution in [2.75, 3.05) is 18.4 Å². The lowest BCUT2D eigenvalue weighted by atomic mass is 9.90. The van der Waals surface area contributed by atoms with Gasteiger partial charge in [-0.05, 0) is 51.8 Å². The Morgan fingerprint density at radius 3 is 2.68 bits per heavy atom. The zero-order valence-corrected chi connectivity index (χ0v) is 17.9. The van der Waals surface area contributed by atoms with E-state index < -0.39 is 5.82 Å². The summed E-state index contributed by atoms with van der Waals surface area (Å²) in [6.45, 7) is 7.09. The number of nitrogens with zero attached hydrogens (tertiary/aromatic N) is 4. The Labute approximate surface area is 180 Å². The summed E-state index contributed by atoms with van der Waals surface area (Å²) in [5.41, 5.74) is 2.89. The minimum Gasteiger partial charge on any atom is -0.356 e. The molecule has 4 rings (SSSR count). The summed E-state index contributed by atoms with van der Waals surface area (Å²) < 4.78 is 19.0. The van der Waals surface area contributed by atoms with Crippen LogP contribution in [0.15, 0.2) is 41.1 Å². The fourth-order valence-corrected chi connectivity index (χ4v) is 3.87. The Balaban J connectivity index is 1.55. The van der Waals surface area contributed by atoms with Crippen LogP contribution in [0.3, 0.4) is 0 Å². The van der Waals surface area contributed by atoms with Gasteiger partial charge < -0.3 is 14.7 Å². The molecule has 31 heavy (non-hydrogen) atoms. The van der Waals surface area contributed by atoms with E-state index in [-0.39, 0.29) is 17.9 Å². The summed E-state index contributed by atoms with van der Waals surface area (Å²) >= 11 is 0. The number of piperidine rings is 1. The molecule has 1 fully saturated rings. The predicted molar refractivity (Wildman–Crippen MR) is 115 cm³/mol. The average Bonchev–Trinajstić information content (AvgIpc) is 3.19. The molecule has 1 aliphatic rings. The summed E-state index contributed by atoms with van der Waals surface area (Å²) in [5, 5.41) is 7.25. The number of hydrogen-bond acceptors (Lipinski definition) is 6. The maximum Gasteiger partial charge on any atom is 0.253 e. The zero-order chi connectivity index (χ0) is 22.0. The van der Waals surface area contributed by atoms with Gasteiger partial charge in [0, 0.05) is 42.9 Å². The van der Waals surface area contributed by atoms with Crippen LogP contribution in [0, 0.1) is 12.7 Å². The number of rotatable bonds is 5. The summed E-state index contributed by atoms with van der Waals surface area (Å²) in [4.78, 5) is 23.8. The molecule has 1 saturated heterocycles. The largest absolute Gasteiger partial charge is 0.356 e. The monoisotopic (exact) mass is 423 g/mol. The first-order chi connectivity index (χ1) is 14.9. The van der Waals surface area contributed by atoms with Crippen molar-refractivity contribution in [3.8, 4) is 11.3 Å². The van der Waals surface area contributed by atoms with Crippen LogP contribution in [0.5, 0.6) is 0 Å². The molecule has 1 aromatic carbocycles. The Bertz CT molecular complexity index is 1070. The fourth-order valence-electron chi connectivity index (χ4n) is 3.87. The topological polar surface area (TPSA) is 84.2 Å². The molecule has 162 valence electrons. The van der Waals surface area contributed by atoms with E-state index >= 15 is 0 Å². The summed E-state index contributed by atoms with van der Waals surface area (Å²) in [5.74, 6) is 0.811. The molecule has 2 aromatic heterocycles. The Morgan fingerprint density at radius 2 is 2.03 bits per heavy atom. The van der Waals surface area contributed by atoms with E-state index in [1.807, 2.05) is 26.8 Å². The van der Waals surface area contributed by atoms with Crippen molar-refractivity contribution < 1.29 is 13.7 Å². The van der Waals surface area contributed by atoms with Crippen LogP contribution in [0.1, 0.15) is 54.4 Å². The number of carbonyl (C=O) groups excluding carboxylic acids is 1. The third-order valence-corrected chi connectivity index (χ3v) is 5.37. The van der Waals surface area contributed by atoms with Crippen molar-refractivity contribution in [2.24, 2.45) is 0 Å². The summed E-state index contributed by atoms with van der Waals surface area (Å²) in [7, 11) is 0. The third kappa shape index (κ3) is 4.73. The lowest BCUT2D eigenvalue weighted by molar-refractivity contribution is 0.0711. The van der Waals surface area contributed by atoms with Crippen LogP contribution in [0.2, 0.25) is 0 Å². The first-order valence-electron chi connectivity index (χ1n) is 10.5. The number of halogens is 1. The smallest absolute Gasteiger partial charge is 0.253 e. The van der Waals surface area contributed by atoms with Gasteiger partial charge in [-0.3, -0.25) is 4.79 Å². The highest BCUT2D eigenvalue weighted by molar-refractivity contribution is 5.94. The lowest BCUT2D eigenvalue weighted by Gasteiger charge is -2.32. The van der Waals surface area contributed by atoms with Gasteiger partial charge in [0.15, 0.2) is 5.76 Å². The summed E-state index contributed by atoms with van der Waals surface area (Å²) in [6, 6.07) is 7.92. The second-order valence-electron chi connectivity index (χ2n) is 8.20. The molecule has 3 aromatic rings. The van der Waals surface area contributed by atoms with Gasteiger partial charge in [-0.15, -0.1) is 0 Å². The zero-order valence-electron chi connectivity index (χ0n) is 17.9. The minimum atomic E-state index is -0.404. The minimum absolute atomic E-state index is 0.145. The van der Waals surface area contributed by atoms with E-state index in [4.69, 9.17) is 9.51 Å². The highest BCUT2D eigenvalue weighted by atomic mass is 19.1. The predicted octanol–water partition coefficient (Wildman–Crippen LogP) is 4.42. The second-order valence-corrected chi connectivity index (χ2v) is 8.20. The van der Waals surface area contributed by atoms with Crippen LogP contribution in [0.4, 0.5) is 10.3 Å². The summed E-state index contributed by atoms with van der Waals surface area (Å²) in [6.07, 6.45) is 3.27. The average molecular weight is 423 g/mol. The maximum absolute atomic E-state index is 13.5. The molecule has 0 atom stereocenters. The van der Waals surface area contributed by atoms with E-state index in [1.54, 1.807) is 23.2 Å².